The molecule has 2 N–H and O–H groups in total. The van der Waals surface area contributed by atoms with E-state index in [2.05, 4.69) is 10.0 Å². The maximum absolute atomic E-state index is 13.8. The number of sulfonamides is 1. The fourth-order valence-corrected chi connectivity index (χ4v) is 3.15. The Morgan fingerprint density at radius 3 is 2.46 bits per heavy atom. The average Bonchev–Trinajstić information content (AvgIpc) is 2.50. The summed E-state index contributed by atoms with van der Waals surface area (Å²) in [5.41, 5.74) is 0.771. The molecule has 1 amide bonds. The van der Waals surface area contributed by atoms with Crippen molar-refractivity contribution >= 4 is 27.3 Å². The molecule has 0 radical (unpaired) electrons. The van der Waals surface area contributed by atoms with Crippen molar-refractivity contribution in [2.45, 2.75) is 18.7 Å². The van der Waals surface area contributed by atoms with E-state index in [4.69, 9.17) is 4.74 Å². The van der Waals surface area contributed by atoms with Crippen LogP contribution in [0.4, 0.5) is 15.8 Å². The van der Waals surface area contributed by atoms with Crippen LogP contribution in [0.25, 0.3) is 0 Å². The fraction of sp³-hybridized carbons (Fsp3) is 0.188. The Morgan fingerprint density at radius 1 is 1.12 bits per heavy atom. The summed E-state index contributed by atoms with van der Waals surface area (Å²) in [5, 5.41) is 2.49. The highest BCUT2D eigenvalue weighted by Gasteiger charge is 2.19. The van der Waals surface area contributed by atoms with Crippen LogP contribution in [0.5, 0.6) is 5.75 Å². The molecule has 0 aliphatic rings. The molecule has 0 spiro atoms. The lowest BCUT2D eigenvalue weighted by Gasteiger charge is -2.13. The van der Waals surface area contributed by atoms with Crippen molar-refractivity contribution in [2.75, 3.05) is 17.1 Å². The molecule has 0 saturated carbocycles. The van der Waals surface area contributed by atoms with Gasteiger partial charge in [-0.05, 0) is 42.8 Å². The van der Waals surface area contributed by atoms with Gasteiger partial charge in [-0.3, -0.25) is 9.52 Å². The van der Waals surface area contributed by atoms with Crippen LogP contribution in [-0.4, -0.2) is 21.4 Å². The SMILES string of the molecule is COc1ccc(S(=O)(=O)Nc2cc(C)ccc2F)cc1NC(C)=O. The first-order valence-electron chi connectivity index (χ1n) is 6.97. The predicted molar refractivity (Wildman–Crippen MR) is 89.2 cm³/mol. The van der Waals surface area contributed by atoms with Gasteiger partial charge in [-0.15, -0.1) is 0 Å². The van der Waals surface area contributed by atoms with E-state index in [1.165, 1.54) is 50.4 Å². The minimum atomic E-state index is -4.03. The monoisotopic (exact) mass is 352 g/mol. The van der Waals surface area contributed by atoms with Gasteiger partial charge in [0.25, 0.3) is 10.0 Å². The maximum Gasteiger partial charge on any atom is 0.262 e. The zero-order valence-corrected chi connectivity index (χ0v) is 14.2. The minimum absolute atomic E-state index is 0.132. The normalized spacial score (nSPS) is 11.0. The van der Waals surface area contributed by atoms with Crippen LogP contribution >= 0.6 is 0 Å². The van der Waals surface area contributed by atoms with Crippen molar-refractivity contribution in [1.29, 1.82) is 0 Å². The van der Waals surface area contributed by atoms with Crippen LogP contribution in [0, 0.1) is 12.7 Å². The van der Waals surface area contributed by atoms with Crippen molar-refractivity contribution in [1.82, 2.24) is 0 Å². The predicted octanol–water partition coefficient (Wildman–Crippen LogP) is 2.90. The number of ether oxygens (including phenoxy) is 1. The summed E-state index contributed by atoms with van der Waals surface area (Å²) >= 11 is 0. The number of benzene rings is 2. The number of carbonyl (C=O) groups excluding carboxylic acids is 1. The Labute approximate surface area is 139 Å². The van der Waals surface area contributed by atoms with Crippen LogP contribution in [0.1, 0.15) is 12.5 Å². The third kappa shape index (κ3) is 4.02. The Bertz CT molecular complexity index is 882. The Morgan fingerprint density at radius 2 is 1.83 bits per heavy atom. The van der Waals surface area contributed by atoms with E-state index in [0.29, 0.717) is 11.3 Å². The molecule has 128 valence electrons. The molecule has 0 fully saturated rings. The van der Waals surface area contributed by atoms with Crippen LogP contribution in [0.15, 0.2) is 41.3 Å². The standard InChI is InChI=1S/C16H17FN2O4S/c1-10-4-6-13(17)14(8-10)19-24(21,22)12-5-7-16(23-3)15(9-12)18-11(2)20/h4-9,19H,1-3H3,(H,18,20). The molecule has 0 unspecified atom stereocenters. The van der Waals surface area contributed by atoms with E-state index >= 15 is 0 Å². The highest BCUT2D eigenvalue weighted by Crippen LogP contribution is 2.29. The fourth-order valence-electron chi connectivity index (χ4n) is 2.06. The molecular formula is C16H17FN2O4S. The van der Waals surface area contributed by atoms with Crippen LogP contribution < -0.4 is 14.8 Å². The van der Waals surface area contributed by atoms with E-state index < -0.39 is 15.8 Å². The second kappa shape index (κ2) is 6.88. The third-order valence-electron chi connectivity index (χ3n) is 3.16. The third-order valence-corrected chi connectivity index (χ3v) is 4.52. The number of amides is 1. The van der Waals surface area contributed by atoms with Crippen molar-refractivity contribution in [3.8, 4) is 5.75 Å². The average molecular weight is 352 g/mol. The molecule has 0 aromatic heterocycles. The number of anilines is 2. The molecule has 0 aliphatic heterocycles. The quantitative estimate of drug-likeness (QED) is 0.866. The van der Waals surface area contributed by atoms with Crippen molar-refractivity contribution in [3.63, 3.8) is 0 Å². The summed E-state index contributed by atoms with van der Waals surface area (Å²) in [4.78, 5) is 11.1. The van der Waals surface area contributed by atoms with E-state index in [1.54, 1.807) is 6.92 Å². The number of hydrogen-bond acceptors (Lipinski definition) is 4. The van der Waals surface area contributed by atoms with Gasteiger partial charge in [-0.1, -0.05) is 6.07 Å². The van der Waals surface area contributed by atoms with E-state index in [0.717, 1.165) is 0 Å². The van der Waals surface area contributed by atoms with Crippen LogP contribution in [0.3, 0.4) is 0 Å². The maximum atomic E-state index is 13.8. The number of nitrogens with one attached hydrogen (secondary N) is 2. The number of aryl methyl sites for hydroxylation is 1. The van der Waals surface area contributed by atoms with Gasteiger partial charge in [0.05, 0.1) is 23.4 Å². The first-order valence-corrected chi connectivity index (χ1v) is 8.46. The van der Waals surface area contributed by atoms with Gasteiger partial charge in [0.1, 0.15) is 11.6 Å². The number of carbonyl (C=O) groups is 1. The van der Waals surface area contributed by atoms with Gasteiger partial charge < -0.3 is 10.1 Å². The molecule has 2 aromatic carbocycles. The molecule has 2 aromatic rings. The van der Waals surface area contributed by atoms with Gasteiger partial charge in [-0.2, -0.15) is 0 Å². The summed E-state index contributed by atoms with van der Waals surface area (Å²) in [7, 11) is -2.63. The highest BCUT2D eigenvalue weighted by molar-refractivity contribution is 7.92. The zero-order chi connectivity index (χ0) is 17.9. The van der Waals surface area contributed by atoms with Crippen molar-refractivity contribution in [3.05, 3.63) is 47.8 Å². The zero-order valence-electron chi connectivity index (χ0n) is 13.4. The van der Waals surface area contributed by atoms with Crippen LogP contribution in [0.2, 0.25) is 0 Å². The Hall–Kier alpha value is -2.61. The lowest BCUT2D eigenvalue weighted by atomic mass is 10.2. The molecule has 24 heavy (non-hydrogen) atoms. The van der Waals surface area contributed by atoms with E-state index in [1.807, 2.05) is 0 Å². The van der Waals surface area contributed by atoms with Gasteiger partial charge in [0, 0.05) is 6.92 Å². The molecule has 8 heteroatoms. The number of methoxy groups -OCH3 is 1. The molecule has 2 rings (SSSR count). The van der Waals surface area contributed by atoms with Gasteiger partial charge in [0.15, 0.2) is 0 Å². The van der Waals surface area contributed by atoms with Gasteiger partial charge in [-0.25, -0.2) is 12.8 Å². The summed E-state index contributed by atoms with van der Waals surface area (Å²) in [6.07, 6.45) is 0. The Kier molecular flexibility index (Phi) is 5.08. The second-order valence-electron chi connectivity index (χ2n) is 5.13. The second-order valence-corrected chi connectivity index (χ2v) is 6.81. The molecule has 0 atom stereocenters. The summed E-state index contributed by atoms with van der Waals surface area (Å²) in [5.74, 6) is -0.744. The number of rotatable bonds is 5. The van der Waals surface area contributed by atoms with Crippen molar-refractivity contribution in [2.24, 2.45) is 0 Å². The molecule has 6 nitrogen and oxygen atoms in total. The molecule has 0 saturated heterocycles. The van der Waals surface area contributed by atoms with E-state index in [-0.39, 0.29) is 22.2 Å². The van der Waals surface area contributed by atoms with E-state index in [9.17, 15) is 17.6 Å². The highest BCUT2D eigenvalue weighted by atomic mass is 32.2. The summed E-state index contributed by atoms with van der Waals surface area (Å²) in [6, 6.07) is 8.08. The van der Waals surface area contributed by atoms with Gasteiger partial charge in [0.2, 0.25) is 5.91 Å². The number of hydrogen-bond donors (Lipinski definition) is 2. The first kappa shape index (κ1) is 17.7. The number of halogens is 1. The molecule has 0 aliphatic carbocycles. The van der Waals surface area contributed by atoms with Gasteiger partial charge >= 0.3 is 0 Å². The lowest BCUT2D eigenvalue weighted by Crippen LogP contribution is -2.15. The summed E-state index contributed by atoms with van der Waals surface area (Å²) < 4.78 is 46.0. The topological polar surface area (TPSA) is 84.5 Å². The Balaban J connectivity index is 2.42. The lowest BCUT2D eigenvalue weighted by molar-refractivity contribution is -0.114. The largest absolute Gasteiger partial charge is 0.495 e. The van der Waals surface area contributed by atoms with Crippen LogP contribution in [-0.2, 0) is 14.8 Å². The van der Waals surface area contributed by atoms with Crippen molar-refractivity contribution < 1.29 is 22.3 Å². The summed E-state index contributed by atoms with van der Waals surface area (Å²) in [6.45, 7) is 3.01. The minimum Gasteiger partial charge on any atom is -0.495 e. The smallest absolute Gasteiger partial charge is 0.262 e. The first-order chi connectivity index (χ1) is 11.2. The molecule has 0 heterocycles. The molecular weight excluding hydrogens is 335 g/mol. The molecule has 0 bridgehead atoms.